The van der Waals surface area contributed by atoms with E-state index in [0.29, 0.717) is 12.6 Å². The molecule has 1 atom stereocenters. The SMILES string of the molecule is CCC1COCCN1CC(=O)c1ccc(C)c(C)c1. The summed E-state index contributed by atoms with van der Waals surface area (Å²) in [6.45, 7) is 9.11. The molecule has 1 aromatic carbocycles. The number of carbonyl (C=O) groups excluding carboxylic acids is 1. The largest absolute Gasteiger partial charge is 0.378 e. The van der Waals surface area contributed by atoms with E-state index < -0.39 is 0 Å². The summed E-state index contributed by atoms with van der Waals surface area (Å²) < 4.78 is 5.47. The van der Waals surface area contributed by atoms with Crippen molar-refractivity contribution in [2.45, 2.75) is 33.2 Å². The van der Waals surface area contributed by atoms with E-state index in [0.717, 1.165) is 31.7 Å². The molecule has 3 heteroatoms. The number of nitrogens with zero attached hydrogens (tertiary/aromatic N) is 1. The first-order valence-corrected chi connectivity index (χ1v) is 7.04. The third-order valence-electron chi connectivity index (χ3n) is 4.00. The van der Waals surface area contributed by atoms with Crippen molar-refractivity contribution in [1.82, 2.24) is 4.90 Å². The van der Waals surface area contributed by atoms with Crippen molar-refractivity contribution in [2.75, 3.05) is 26.3 Å². The van der Waals surface area contributed by atoms with Crippen molar-refractivity contribution in [3.63, 3.8) is 0 Å². The van der Waals surface area contributed by atoms with Crippen LogP contribution in [0, 0.1) is 13.8 Å². The molecule has 1 unspecified atom stereocenters. The van der Waals surface area contributed by atoms with Gasteiger partial charge in [0.25, 0.3) is 0 Å². The van der Waals surface area contributed by atoms with Gasteiger partial charge in [-0.05, 0) is 37.5 Å². The number of rotatable bonds is 4. The number of carbonyl (C=O) groups is 1. The Morgan fingerprint density at radius 3 is 2.84 bits per heavy atom. The summed E-state index contributed by atoms with van der Waals surface area (Å²) in [6, 6.07) is 6.34. The van der Waals surface area contributed by atoms with Crippen LogP contribution in [0.2, 0.25) is 0 Å². The van der Waals surface area contributed by atoms with Crippen LogP contribution >= 0.6 is 0 Å². The van der Waals surface area contributed by atoms with E-state index in [2.05, 4.69) is 25.7 Å². The quantitative estimate of drug-likeness (QED) is 0.780. The van der Waals surface area contributed by atoms with E-state index in [1.54, 1.807) is 0 Å². The van der Waals surface area contributed by atoms with Gasteiger partial charge in [-0.1, -0.05) is 19.1 Å². The normalized spacial score (nSPS) is 20.5. The third kappa shape index (κ3) is 3.43. The molecule has 2 rings (SSSR count). The van der Waals surface area contributed by atoms with Gasteiger partial charge < -0.3 is 4.74 Å². The van der Waals surface area contributed by atoms with Crippen LogP contribution in [0.25, 0.3) is 0 Å². The minimum Gasteiger partial charge on any atom is -0.378 e. The highest BCUT2D eigenvalue weighted by atomic mass is 16.5. The molecule has 1 fully saturated rings. The number of hydrogen-bond donors (Lipinski definition) is 0. The van der Waals surface area contributed by atoms with Gasteiger partial charge in [0.2, 0.25) is 0 Å². The second kappa shape index (κ2) is 6.31. The Balaban J connectivity index is 2.05. The van der Waals surface area contributed by atoms with E-state index in [4.69, 9.17) is 4.74 Å². The molecular formula is C16H23NO2. The Morgan fingerprint density at radius 1 is 1.37 bits per heavy atom. The predicted octanol–water partition coefficient (Wildman–Crippen LogP) is 2.60. The molecule has 19 heavy (non-hydrogen) atoms. The second-order valence-electron chi connectivity index (χ2n) is 5.33. The summed E-state index contributed by atoms with van der Waals surface area (Å²) in [7, 11) is 0. The summed E-state index contributed by atoms with van der Waals surface area (Å²) in [5, 5.41) is 0. The predicted molar refractivity (Wildman–Crippen MR) is 76.7 cm³/mol. The summed E-state index contributed by atoms with van der Waals surface area (Å²) in [5.74, 6) is 0.212. The lowest BCUT2D eigenvalue weighted by Crippen LogP contribution is -2.47. The lowest BCUT2D eigenvalue weighted by Gasteiger charge is -2.34. The van der Waals surface area contributed by atoms with Gasteiger partial charge in [0, 0.05) is 18.2 Å². The third-order valence-corrected chi connectivity index (χ3v) is 4.00. The number of ketones is 1. The van der Waals surface area contributed by atoms with Gasteiger partial charge in [-0.3, -0.25) is 9.69 Å². The number of ether oxygens (including phenoxy) is 1. The van der Waals surface area contributed by atoms with Gasteiger partial charge in [0.05, 0.1) is 19.8 Å². The molecule has 104 valence electrons. The maximum Gasteiger partial charge on any atom is 0.176 e. The fourth-order valence-corrected chi connectivity index (χ4v) is 2.46. The molecule has 1 aliphatic rings. The maximum atomic E-state index is 12.4. The molecule has 0 aliphatic carbocycles. The van der Waals surface area contributed by atoms with Crippen molar-refractivity contribution in [3.05, 3.63) is 34.9 Å². The number of benzene rings is 1. The minimum absolute atomic E-state index is 0.212. The average molecular weight is 261 g/mol. The van der Waals surface area contributed by atoms with Crippen LogP contribution in [0.3, 0.4) is 0 Å². The topological polar surface area (TPSA) is 29.5 Å². The molecule has 0 bridgehead atoms. The van der Waals surface area contributed by atoms with Crippen molar-refractivity contribution in [1.29, 1.82) is 0 Å². The Labute approximate surface area is 115 Å². The summed E-state index contributed by atoms with van der Waals surface area (Å²) in [6.07, 6.45) is 1.03. The van der Waals surface area contributed by atoms with E-state index in [-0.39, 0.29) is 5.78 Å². The molecule has 0 saturated carbocycles. The first-order chi connectivity index (χ1) is 9.11. The zero-order valence-electron chi connectivity index (χ0n) is 12.1. The Morgan fingerprint density at radius 2 is 2.16 bits per heavy atom. The summed E-state index contributed by atoms with van der Waals surface area (Å²) in [4.78, 5) is 14.6. The Bertz CT molecular complexity index is 456. The highest BCUT2D eigenvalue weighted by Crippen LogP contribution is 2.14. The van der Waals surface area contributed by atoms with Gasteiger partial charge in [0.15, 0.2) is 5.78 Å². The smallest absolute Gasteiger partial charge is 0.176 e. The lowest BCUT2D eigenvalue weighted by atomic mass is 10.0. The molecule has 1 saturated heterocycles. The van der Waals surface area contributed by atoms with E-state index in [1.807, 2.05) is 18.2 Å². The van der Waals surface area contributed by atoms with Crippen molar-refractivity contribution in [3.8, 4) is 0 Å². The standard InChI is InChI=1S/C16H23NO2/c1-4-15-11-19-8-7-17(15)10-16(18)14-6-5-12(2)13(3)9-14/h5-6,9,15H,4,7-8,10-11H2,1-3H3. The van der Waals surface area contributed by atoms with Crippen LogP contribution in [0.4, 0.5) is 0 Å². The van der Waals surface area contributed by atoms with Crippen molar-refractivity contribution < 1.29 is 9.53 Å². The molecule has 3 nitrogen and oxygen atoms in total. The lowest BCUT2D eigenvalue weighted by molar-refractivity contribution is -0.00585. The van der Waals surface area contributed by atoms with Gasteiger partial charge in [-0.2, -0.15) is 0 Å². The Hall–Kier alpha value is -1.19. The molecule has 1 aromatic rings. The van der Waals surface area contributed by atoms with Crippen LogP contribution in [-0.2, 0) is 4.74 Å². The first kappa shape index (κ1) is 14.2. The van der Waals surface area contributed by atoms with Gasteiger partial charge in [0.1, 0.15) is 0 Å². The molecule has 0 N–H and O–H groups in total. The number of morpholine rings is 1. The zero-order valence-corrected chi connectivity index (χ0v) is 12.1. The van der Waals surface area contributed by atoms with Crippen LogP contribution in [0.5, 0.6) is 0 Å². The molecule has 1 heterocycles. The van der Waals surface area contributed by atoms with E-state index in [1.165, 1.54) is 11.1 Å². The fraction of sp³-hybridized carbons (Fsp3) is 0.562. The van der Waals surface area contributed by atoms with Crippen LogP contribution in [-0.4, -0.2) is 43.0 Å². The average Bonchev–Trinajstić information content (AvgIpc) is 2.42. The number of aryl methyl sites for hydroxylation is 2. The monoisotopic (exact) mass is 261 g/mol. The highest BCUT2D eigenvalue weighted by Gasteiger charge is 2.23. The summed E-state index contributed by atoms with van der Waals surface area (Å²) in [5.41, 5.74) is 3.23. The van der Waals surface area contributed by atoms with Crippen LogP contribution < -0.4 is 0 Å². The molecule has 0 amide bonds. The van der Waals surface area contributed by atoms with Crippen LogP contribution in [0.15, 0.2) is 18.2 Å². The van der Waals surface area contributed by atoms with E-state index >= 15 is 0 Å². The van der Waals surface area contributed by atoms with Gasteiger partial charge >= 0.3 is 0 Å². The molecular weight excluding hydrogens is 238 g/mol. The van der Waals surface area contributed by atoms with Crippen molar-refractivity contribution >= 4 is 5.78 Å². The summed E-state index contributed by atoms with van der Waals surface area (Å²) >= 11 is 0. The molecule has 0 spiro atoms. The van der Waals surface area contributed by atoms with E-state index in [9.17, 15) is 4.79 Å². The highest BCUT2D eigenvalue weighted by molar-refractivity contribution is 5.97. The van der Waals surface area contributed by atoms with Crippen LogP contribution in [0.1, 0.15) is 34.8 Å². The maximum absolute atomic E-state index is 12.4. The zero-order chi connectivity index (χ0) is 13.8. The number of Topliss-reactive ketones (excluding diaryl/α,β-unsaturated/α-hetero) is 1. The molecule has 1 aliphatic heterocycles. The Kier molecular flexibility index (Phi) is 4.72. The number of hydrogen-bond acceptors (Lipinski definition) is 3. The molecule has 0 radical (unpaired) electrons. The minimum atomic E-state index is 0.212. The van der Waals surface area contributed by atoms with Gasteiger partial charge in [-0.25, -0.2) is 0 Å². The van der Waals surface area contributed by atoms with Gasteiger partial charge in [-0.15, -0.1) is 0 Å². The first-order valence-electron chi connectivity index (χ1n) is 7.04. The second-order valence-corrected chi connectivity index (χ2v) is 5.33. The molecule has 0 aromatic heterocycles. The fourth-order valence-electron chi connectivity index (χ4n) is 2.46. The van der Waals surface area contributed by atoms with Crippen molar-refractivity contribution in [2.24, 2.45) is 0 Å².